The summed E-state index contributed by atoms with van der Waals surface area (Å²) >= 11 is 6.37. The Morgan fingerprint density at radius 2 is 1.52 bits per heavy atom. The number of phenolic OH excluding ortho intramolecular Hbond substituents is 1. The van der Waals surface area contributed by atoms with Crippen molar-refractivity contribution in [1.29, 1.82) is 0 Å². The van der Waals surface area contributed by atoms with Gasteiger partial charge >= 0.3 is 6.18 Å². The predicted molar refractivity (Wildman–Crippen MR) is 133 cm³/mol. The van der Waals surface area contributed by atoms with Crippen LogP contribution in [-0.2, 0) is 21.8 Å². The topological polar surface area (TPSA) is 40.5 Å². The van der Waals surface area contributed by atoms with E-state index in [0.29, 0.717) is 10.5 Å². The minimum atomic E-state index is -4.52. The molecule has 33 heavy (non-hydrogen) atoms. The molecule has 0 saturated carbocycles. The van der Waals surface area contributed by atoms with Crippen molar-refractivity contribution in [3.63, 3.8) is 0 Å². The van der Waals surface area contributed by atoms with Gasteiger partial charge in [0, 0.05) is 11.1 Å². The third-order valence-electron chi connectivity index (χ3n) is 5.27. The van der Waals surface area contributed by atoms with Gasteiger partial charge in [-0.3, -0.25) is 9.69 Å². The van der Waals surface area contributed by atoms with Crippen LogP contribution < -0.4 is 4.90 Å². The van der Waals surface area contributed by atoms with Crippen LogP contribution in [0.2, 0.25) is 0 Å². The van der Waals surface area contributed by atoms with Gasteiger partial charge in [-0.15, -0.1) is 0 Å². The first-order chi connectivity index (χ1) is 15.0. The Labute approximate surface area is 201 Å². The van der Waals surface area contributed by atoms with Crippen molar-refractivity contribution < 1.29 is 23.1 Å². The Morgan fingerprint density at radius 3 is 2.00 bits per heavy atom. The van der Waals surface area contributed by atoms with Crippen molar-refractivity contribution in [3.8, 4) is 5.75 Å². The van der Waals surface area contributed by atoms with Crippen molar-refractivity contribution in [2.24, 2.45) is 0 Å². The summed E-state index contributed by atoms with van der Waals surface area (Å²) in [6, 6.07) is 8.23. The number of thiocarbonyl (C=S) groups is 1. The van der Waals surface area contributed by atoms with Crippen molar-refractivity contribution in [2.75, 3.05) is 4.90 Å². The van der Waals surface area contributed by atoms with Crippen LogP contribution in [-0.4, -0.2) is 15.3 Å². The maximum atomic E-state index is 13.1. The summed E-state index contributed by atoms with van der Waals surface area (Å²) < 4.78 is 39.6. The lowest BCUT2D eigenvalue weighted by atomic mass is 9.78. The van der Waals surface area contributed by atoms with Crippen LogP contribution in [0.3, 0.4) is 0 Å². The zero-order valence-corrected chi connectivity index (χ0v) is 20.9. The molecule has 0 aromatic heterocycles. The fourth-order valence-electron chi connectivity index (χ4n) is 3.55. The fraction of sp³-hybridized carbons (Fsp3) is 0.360. The molecule has 1 heterocycles. The van der Waals surface area contributed by atoms with Crippen molar-refractivity contribution in [1.82, 2.24) is 0 Å². The molecule has 1 fully saturated rings. The highest BCUT2D eigenvalue weighted by atomic mass is 32.2. The number of carbonyl (C=O) groups is 1. The summed E-state index contributed by atoms with van der Waals surface area (Å²) in [7, 11) is 0. The van der Waals surface area contributed by atoms with Gasteiger partial charge in [0.05, 0.1) is 16.2 Å². The van der Waals surface area contributed by atoms with E-state index in [-0.39, 0.29) is 26.6 Å². The molecule has 1 saturated heterocycles. The van der Waals surface area contributed by atoms with Crippen LogP contribution in [0.5, 0.6) is 5.75 Å². The average molecular weight is 494 g/mol. The normalized spacial score (nSPS) is 16.8. The number of hydrogen-bond donors (Lipinski definition) is 1. The summed E-state index contributed by atoms with van der Waals surface area (Å²) in [5.74, 6) is -0.254. The predicted octanol–water partition coefficient (Wildman–Crippen LogP) is 7.41. The van der Waals surface area contributed by atoms with Crippen molar-refractivity contribution in [2.45, 2.75) is 58.5 Å². The van der Waals surface area contributed by atoms with Crippen LogP contribution >= 0.6 is 24.0 Å². The lowest BCUT2D eigenvalue weighted by molar-refractivity contribution is -0.137. The molecule has 8 heteroatoms. The molecule has 3 nitrogen and oxygen atoms in total. The van der Waals surface area contributed by atoms with E-state index in [9.17, 15) is 23.1 Å². The monoisotopic (exact) mass is 493 g/mol. The smallest absolute Gasteiger partial charge is 0.416 e. The van der Waals surface area contributed by atoms with Gasteiger partial charge in [-0.2, -0.15) is 13.2 Å². The zero-order valence-electron chi connectivity index (χ0n) is 19.3. The molecular weight excluding hydrogens is 467 g/mol. The van der Waals surface area contributed by atoms with Gasteiger partial charge in [0.25, 0.3) is 5.91 Å². The molecule has 2 aromatic carbocycles. The third kappa shape index (κ3) is 5.27. The van der Waals surface area contributed by atoms with E-state index in [1.807, 2.05) is 53.7 Å². The highest BCUT2D eigenvalue weighted by Gasteiger charge is 2.36. The molecule has 1 N–H and O–H groups in total. The Hall–Kier alpha value is -2.32. The second kappa shape index (κ2) is 8.47. The molecule has 1 amide bonds. The summed E-state index contributed by atoms with van der Waals surface area (Å²) in [6.45, 7) is 11.9. The number of amides is 1. The third-order valence-corrected chi connectivity index (χ3v) is 6.57. The van der Waals surface area contributed by atoms with Crippen LogP contribution in [0.4, 0.5) is 18.9 Å². The number of carbonyl (C=O) groups excluding carboxylic acids is 1. The molecule has 1 aliphatic heterocycles. The van der Waals surface area contributed by atoms with E-state index < -0.39 is 17.6 Å². The Morgan fingerprint density at radius 1 is 0.970 bits per heavy atom. The lowest BCUT2D eigenvalue weighted by Crippen LogP contribution is -2.27. The minimum absolute atomic E-state index is 0.0761. The molecule has 0 unspecified atom stereocenters. The van der Waals surface area contributed by atoms with Crippen LogP contribution in [0, 0.1) is 0 Å². The Bertz CT molecular complexity index is 1120. The van der Waals surface area contributed by atoms with E-state index in [1.54, 1.807) is 6.08 Å². The molecule has 0 radical (unpaired) electrons. The molecule has 0 spiro atoms. The highest BCUT2D eigenvalue weighted by molar-refractivity contribution is 8.27. The van der Waals surface area contributed by atoms with Crippen molar-refractivity contribution >= 4 is 46.0 Å². The Kier molecular flexibility index (Phi) is 6.50. The van der Waals surface area contributed by atoms with E-state index in [4.69, 9.17) is 12.2 Å². The van der Waals surface area contributed by atoms with Crippen LogP contribution in [0.25, 0.3) is 6.08 Å². The van der Waals surface area contributed by atoms with Crippen LogP contribution in [0.15, 0.2) is 41.3 Å². The lowest BCUT2D eigenvalue weighted by Gasteiger charge is -2.28. The van der Waals surface area contributed by atoms with E-state index in [2.05, 4.69) is 0 Å². The number of alkyl halides is 3. The quantitative estimate of drug-likeness (QED) is 0.349. The summed E-state index contributed by atoms with van der Waals surface area (Å²) in [5.41, 5.74) is 0.750. The van der Waals surface area contributed by atoms with E-state index in [0.717, 1.165) is 39.9 Å². The number of nitrogens with zero attached hydrogens (tertiary/aromatic N) is 1. The van der Waals surface area contributed by atoms with Gasteiger partial charge < -0.3 is 5.11 Å². The number of hydrogen-bond acceptors (Lipinski definition) is 4. The number of phenols is 1. The maximum absolute atomic E-state index is 13.1. The molecule has 3 rings (SSSR count). The molecule has 176 valence electrons. The number of benzene rings is 2. The van der Waals surface area contributed by atoms with Crippen molar-refractivity contribution in [3.05, 3.63) is 63.6 Å². The molecular formula is C25H26F3NO2S2. The van der Waals surface area contributed by atoms with E-state index in [1.165, 1.54) is 12.1 Å². The number of anilines is 1. The zero-order chi connectivity index (χ0) is 24.9. The molecule has 1 aliphatic rings. The maximum Gasteiger partial charge on any atom is 0.416 e. The summed E-state index contributed by atoms with van der Waals surface area (Å²) in [5, 5.41) is 10.9. The first-order valence-corrected chi connectivity index (χ1v) is 11.6. The second-order valence-corrected chi connectivity index (χ2v) is 11.7. The second-order valence-electron chi connectivity index (χ2n) is 10.0. The van der Waals surface area contributed by atoms with Gasteiger partial charge in [0.2, 0.25) is 0 Å². The minimum Gasteiger partial charge on any atom is -0.507 e. The molecule has 0 bridgehead atoms. The summed E-state index contributed by atoms with van der Waals surface area (Å²) in [6.07, 6.45) is -2.85. The Balaban J connectivity index is 2.07. The number of aromatic hydroxyl groups is 1. The largest absolute Gasteiger partial charge is 0.507 e. The number of thioether (sulfide) groups is 1. The SMILES string of the molecule is CC(C)(C)c1cc(/C=C2\SC(=S)N(c3cccc(C(F)(F)F)c3)C2=O)cc(C(C)(C)C)c1O. The summed E-state index contributed by atoms with van der Waals surface area (Å²) in [4.78, 5) is 14.6. The van der Waals surface area contributed by atoms with E-state index >= 15 is 0 Å². The van der Waals surface area contributed by atoms with Gasteiger partial charge in [-0.05, 0) is 52.8 Å². The number of rotatable bonds is 2. The molecule has 0 atom stereocenters. The first kappa shape index (κ1) is 25.3. The van der Waals surface area contributed by atoms with Gasteiger partial charge in [0.1, 0.15) is 5.75 Å². The van der Waals surface area contributed by atoms with Gasteiger partial charge in [-0.25, -0.2) is 0 Å². The van der Waals surface area contributed by atoms with Gasteiger partial charge in [0.15, 0.2) is 4.32 Å². The van der Waals surface area contributed by atoms with Crippen LogP contribution in [0.1, 0.15) is 63.8 Å². The highest BCUT2D eigenvalue weighted by Crippen LogP contribution is 2.42. The first-order valence-electron chi connectivity index (χ1n) is 10.3. The molecule has 2 aromatic rings. The average Bonchev–Trinajstić information content (AvgIpc) is 2.93. The fourth-order valence-corrected chi connectivity index (χ4v) is 4.85. The number of halogens is 3. The standard InChI is InChI=1S/C25H26F3NO2S2/c1-23(2,3)17-10-14(11-18(20(17)30)24(4,5)6)12-19-21(31)29(22(32)33-19)16-9-7-8-15(13-16)25(26,27)28/h7-13,30H,1-6H3/b19-12-. The molecule has 0 aliphatic carbocycles. The van der Waals surface area contributed by atoms with Gasteiger partial charge in [-0.1, -0.05) is 71.6 Å².